The van der Waals surface area contributed by atoms with Gasteiger partial charge in [-0.3, -0.25) is 4.79 Å². The molecule has 0 aliphatic rings. The van der Waals surface area contributed by atoms with Gasteiger partial charge in [0.15, 0.2) is 11.4 Å². The van der Waals surface area contributed by atoms with Crippen molar-refractivity contribution in [2.75, 3.05) is 0 Å². The van der Waals surface area contributed by atoms with Crippen LogP contribution < -0.4 is 56.5 Å². The number of hydrogen-bond donors (Lipinski definition) is 1. The molecule has 0 aliphatic heterocycles. The summed E-state index contributed by atoms with van der Waals surface area (Å²) in [5.41, 5.74) is -2.33. The number of aliphatic hydroxyl groups is 1. The zero-order valence-electron chi connectivity index (χ0n) is 6.17. The van der Waals surface area contributed by atoms with Gasteiger partial charge in [0, 0.05) is 0 Å². The fourth-order valence-electron chi connectivity index (χ4n) is 0.144. The Bertz CT molecular complexity index is 136. The summed E-state index contributed by atoms with van der Waals surface area (Å²) in [5.74, 6) is -2.60. The van der Waals surface area contributed by atoms with Crippen molar-refractivity contribution in [2.45, 2.75) is 19.4 Å². The van der Waals surface area contributed by atoms with E-state index >= 15 is 0 Å². The van der Waals surface area contributed by atoms with Crippen LogP contribution in [0.15, 0.2) is 0 Å². The maximum atomic E-state index is 10.2. The van der Waals surface area contributed by atoms with Gasteiger partial charge in [-0.25, -0.2) is 0 Å². The van der Waals surface area contributed by atoms with E-state index in [1.54, 1.807) is 0 Å². The first-order valence-corrected chi connectivity index (χ1v) is 2.34. The third kappa shape index (κ3) is 3.22. The van der Waals surface area contributed by atoms with E-state index in [0.717, 1.165) is 13.8 Å². The number of carbonyl (C=O) groups is 2. The van der Waals surface area contributed by atoms with E-state index in [4.69, 9.17) is 5.11 Å². The van der Waals surface area contributed by atoms with Crippen LogP contribution >= 0.6 is 0 Å². The van der Waals surface area contributed by atoms with Crippen molar-refractivity contribution in [3.05, 3.63) is 0 Å². The van der Waals surface area contributed by atoms with Crippen LogP contribution in [0.3, 0.4) is 0 Å². The first kappa shape index (κ1) is 13.3. The number of carboxylic acids is 1. The maximum absolute atomic E-state index is 10.2. The van der Waals surface area contributed by atoms with Crippen molar-refractivity contribution in [2.24, 2.45) is 0 Å². The quantitative estimate of drug-likeness (QED) is 0.333. The molecule has 1 atom stereocenters. The SMILES string of the molecule is CC(=O)[C@](C)(O)C(=O)[O-].[K+]. The summed E-state index contributed by atoms with van der Waals surface area (Å²) in [6.07, 6.45) is 0. The largest absolute Gasteiger partial charge is 1.00 e. The van der Waals surface area contributed by atoms with Crippen molar-refractivity contribution in [1.82, 2.24) is 0 Å². The summed E-state index contributed by atoms with van der Waals surface area (Å²) in [6, 6.07) is 0. The molecule has 52 valence electrons. The summed E-state index contributed by atoms with van der Waals surface area (Å²) < 4.78 is 0. The molecule has 10 heavy (non-hydrogen) atoms. The number of carboxylic acid groups (broad SMARTS) is 1. The zero-order chi connectivity index (χ0) is 7.65. The Morgan fingerprint density at radius 1 is 1.50 bits per heavy atom. The third-order valence-corrected chi connectivity index (χ3v) is 1.08. The van der Waals surface area contributed by atoms with Crippen LogP contribution in [-0.4, -0.2) is 22.5 Å². The summed E-state index contributed by atoms with van der Waals surface area (Å²) in [6.45, 7) is 1.86. The minimum Gasteiger partial charge on any atom is -0.547 e. The van der Waals surface area contributed by atoms with Gasteiger partial charge < -0.3 is 15.0 Å². The Morgan fingerprint density at radius 2 is 1.80 bits per heavy atom. The topological polar surface area (TPSA) is 77.4 Å². The van der Waals surface area contributed by atoms with Gasteiger partial charge in [-0.15, -0.1) is 0 Å². The number of carbonyl (C=O) groups excluding carboxylic acids is 2. The number of ketones is 1. The molecule has 0 saturated heterocycles. The van der Waals surface area contributed by atoms with E-state index in [1.807, 2.05) is 0 Å². The Labute approximate surface area is 101 Å². The van der Waals surface area contributed by atoms with Gasteiger partial charge in [0.2, 0.25) is 0 Å². The van der Waals surface area contributed by atoms with Gasteiger partial charge in [0.25, 0.3) is 0 Å². The second-order valence-corrected chi connectivity index (χ2v) is 1.92. The molecule has 0 amide bonds. The minimum atomic E-state index is -2.33. The standard InChI is InChI=1S/C5H8O4.K/c1-3(6)5(2,9)4(7)8;/h9H,1-2H3,(H,7,8);/q;+1/p-1/t5-;/m0./s1. The molecular formula is C5H7KO4. The van der Waals surface area contributed by atoms with Crippen molar-refractivity contribution >= 4 is 11.8 Å². The molecular weight excluding hydrogens is 163 g/mol. The Balaban J connectivity index is 0. The van der Waals surface area contributed by atoms with Crippen LogP contribution in [0.25, 0.3) is 0 Å². The van der Waals surface area contributed by atoms with E-state index < -0.39 is 17.4 Å². The average molecular weight is 170 g/mol. The Kier molecular flexibility index (Phi) is 6.11. The Morgan fingerprint density at radius 3 is 1.80 bits per heavy atom. The van der Waals surface area contributed by atoms with Crippen LogP contribution in [0.2, 0.25) is 0 Å². The fraction of sp³-hybridized carbons (Fsp3) is 0.600. The first-order chi connectivity index (χ1) is 3.89. The summed E-state index contributed by atoms with van der Waals surface area (Å²) in [5, 5.41) is 18.5. The molecule has 0 aromatic carbocycles. The van der Waals surface area contributed by atoms with Gasteiger partial charge >= 0.3 is 51.4 Å². The molecule has 0 aromatic rings. The maximum Gasteiger partial charge on any atom is 1.00 e. The van der Waals surface area contributed by atoms with E-state index in [2.05, 4.69) is 0 Å². The van der Waals surface area contributed by atoms with E-state index in [0.29, 0.717) is 0 Å². The molecule has 0 radical (unpaired) electrons. The molecule has 0 bridgehead atoms. The molecule has 0 saturated carbocycles. The van der Waals surface area contributed by atoms with Gasteiger partial charge in [-0.2, -0.15) is 0 Å². The van der Waals surface area contributed by atoms with Gasteiger partial charge in [0.05, 0.1) is 5.97 Å². The molecule has 4 nitrogen and oxygen atoms in total. The van der Waals surface area contributed by atoms with E-state index in [9.17, 15) is 14.7 Å². The minimum absolute atomic E-state index is 0. The Hall–Kier alpha value is 0.736. The number of rotatable bonds is 2. The molecule has 0 heterocycles. The molecule has 0 aliphatic carbocycles. The van der Waals surface area contributed by atoms with Crippen LogP contribution in [0.4, 0.5) is 0 Å². The van der Waals surface area contributed by atoms with Crippen LogP contribution in [0, 0.1) is 0 Å². The zero-order valence-corrected chi connectivity index (χ0v) is 9.30. The van der Waals surface area contributed by atoms with Gasteiger partial charge in [-0.1, -0.05) is 0 Å². The van der Waals surface area contributed by atoms with Crippen LogP contribution in [0.1, 0.15) is 13.8 Å². The van der Waals surface area contributed by atoms with Crippen molar-refractivity contribution < 1.29 is 71.2 Å². The number of hydrogen-bond acceptors (Lipinski definition) is 4. The van der Waals surface area contributed by atoms with Crippen LogP contribution in [0.5, 0.6) is 0 Å². The predicted molar refractivity (Wildman–Crippen MR) is 26.3 cm³/mol. The first-order valence-electron chi connectivity index (χ1n) is 2.34. The van der Waals surface area contributed by atoms with Gasteiger partial charge in [-0.05, 0) is 13.8 Å². The predicted octanol–water partition coefficient (Wildman–Crippen LogP) is -4.92. The molecule has 0 rings (SSSR count). The smallest absolute Gasteiger partial charge is 0.547 e. The molecule has 1 N–H and O–H groups in total. The molecule has 5 heteroatoms. The molecule has 0 fully saturated rings. The summed E-state index contributed by atoms with van der Waals surface area (Å²) in [4.78, 5) is 20.1. The number of aliphatic carboxylic acids is 1. The monoisotopic (exact) mass is 170 g/mol. The average Bonchev–Trinajstić information content (AvgIpc) is 1.65. The fourth-order valence-corrected chi connectivity index (χ4v) is 0.144. The van der Waals surface area contributed by atoms with Crippen molar-refractivity contribution in [1.29, 1.82) is 0 Å². The van der Waals surface area contributed by atoms with E-state index in [1.165, 1.54) is 0 Å². The summed E-state index contributed by atoms with van der Waals surface area (Å²) in [7, 11) is 0. The van der Waals surface area contributed by atoms with E-state index in [-0.39, 0.29) is 51.4 Å². The van der Waals surface area contributed by atoms with Crippen molar-refractivity contribution in [3.63, 3.8) is 0 Å². The van der Waals surface area contributed by atoms with Crippen molar-refractivity contribution in [3.8, 4) is 0 Å². The van der Waals surface area contributed by atoms with Gasteiger partial charge in [0.1, 0.15) is 0 Å². The normalized spacial score (nSPS) is 14.7. The number of Topliss-reactive ketones (excluding diaryl/α,β-unsaturated/α-hetero) is 1. The molecule has 0 aromatic heterocycles. The molecule has 0 unspecified atom stereocenters. The molecule has 0 spiro atoms. The van der Waals surface area contributed by atoms with Crippen LogP contribution in [-0.2, 0) is 9.59 Å². The third-order valence-electron chi connectivity index (χ3n) is 1.08. The second kappa shape index (κ2) is 4.58. The second-order valence-electron chi connectivity index (χ2n) is 1.92. The summed E-state index contributed by atoms with van der Waals surface area (Å²) >= 11 is 0.